The first-order valence-electron chi connectivity index (χ1n) is 7.17. The topological polar surface area (TPSA) is 64.3 Å². The van der Waals surface area contributed by atoms with Gasteiger partial charge in [-0.05, 0) is 32.1 Å². The van der Waals surface area contributed by atoms with E-state index in [-0.39, 0.29) is 23.3 Å². The number of carbonyl (C=O) groups is 1. The highest BCUT2D eigenvalue weighted by molar-refractivity contribution is 5.79. The zero-order valence-electron chi connectivity index (χ0n) is 11.4. The molecule has 1 amide bonds. The van der Waals surface area contributed by atoms with E-state index in [4.69, 9.17) is 10.5 Å². The number of hydrogen-bond acceptors (Lipinski definition) is 3. The lowest BCUT2D eigenvalue weighted by molar-refractivity contribution is -0.125. The van der Waals surface area contributed by atoms with E-state index in [1.165, 1.54) is 25.7 Å². The summed E-state index contributed by atoms with van der Waals surface area (Å²) in [4.78, 5) is 12.1. The van der Waals surface area contributed by atoms with E-state index < -0.39 is 0 Å². The fraction of sp³-hybridized carbons (Fsp3) is 0.929. The summed E-state index contributed by atoms with van der Waals surface area (Å²) >= 11 is 0. The Morgan fingerprint density at radius 2 is 2.11 bits per heavy atom. The molecule has 2 aliphatic carbocycles. The molecule has 0 heterocycles. The largest absolute Gasteiger partial charge is 0.384 e. The van der Waals surface area contributed by atoms with Crippen LogP contribution in [0, 0.1) is 11.3 Å². The van der Waals surface area contributed by atoms with Gasteiger partial charge in [-0.25, -0.2) is 0 Å². The van der Waals surface area contributed by atoms with Crippen molar-refractivity contribution in [2.75, 3.05) is 20.3 Å². The number of carbonyl (C=O) groups excluding carboxylic acids is 1. The van der Waals surface area contributed by atoms with Crippen LogP contribution in [0.5, 0.6) is 0 Å². The van der Waals surface area contributed by atoms with Crippen molar-refractivity contribution in [3.63, 3.8) is 0 Å². The quantitative estimate of drug-likeness (QED) is 0.780. The van der Waals surface area contributed by atoms with E-state index in [1.807, 2.05) is 0 Å². The van der Waals surface area contributed by atoms with Crippen LogP contribution in [0.1, 0.15) is 44.9 Å². The monoisotopic (exact) mass is 254 g/mol. The lowest BCUT2D eigenvalue weighted by Crippen LogP contribution is -2.41. The number of methoxy groups -OCH3 is 1. The van der Waals surface area contributed by atoms with E-state index in [0.29, 0.717) is 0 Å². The highest BCUT2D eigenvalue weighted by atomic mass is 16.5. The second kappa shape index (κ2) is 6.02. The maximum absolute atomic E-state index is 12.1. The van der Waals surface area contributed by atoms with Crippen molar-refractivity contribution < 1.29 is 9.53 Å². The molecule has 0 aromatic heterocycles. The molecule has 0 saturated heterocycles. The maximum atomic E-state index is 12.1. The van der Waals surface area contributed by atoms with Crippen molar-refractivity contribution in [3.8, 4) is 0 Å². The second-order valence-electron chi connectivity index (χ2n) is 6.13. The number of ether oxygens (including phenoxy) is 1. The van der Waals surface area contributed by atoms with Crippen molar-refractivity contribution in [1.29, 1.82) is 0 Å². The molecule has 0 aromatic rings. The van der Waals surface area contributed by atoms with Crippen LogP contribution in [0.3, 0.4) is 0 Å². The Bertz CT molecular complexity index is 288. The van der Waals surface area contributed by atoms with Gasteiger partial charge in [0.2, 0.25) is 5.91 Å². The fourth-order valence-electron chi connectivity index (χ4n) is 3.48. The lowest BCUT2D eigenvalue weighted by atomic mass is 9.87. The van der Waals surface area contributed by atoms with Gasteiger partial charge in [0.15, 0.2) is 0 Å². The molecule has 0 spiro atoms. The smallest absolute Gasteiger partial charge is 0.223 e. The van der Waals surface area contributed by atoms with Gasteiger partial charge in [0.05, 0.1) is 6.61 Å². The van der Waals surface area contributed by atoms with Crippen LogP contribution in [0.2, 0.25) is 0 Å². The summed E-state index contributed by atoms with van der Waals surface area (Å²) in [6.07, 6.45) is 7.65. The lowest BCUT2D eigenvalue weighted by Gasteiger charge is -2.28. The normalized spacial score (nSPS) is 30.6. The van der Waals surface area contributed by atoms with E-state index in [0.717, 1.165) is 32.4 Å². The van der Waals surface area contributed by atoms with Crippen molar-refractivity contribution in [1.82, 2.24) is 5.32 Å². The Kier molecular flexibility index (Phi) is 4.62. The molecule has 4 heteroatoms. The van der Waals surface area contributed by atoms with Crippen LogP contribution in [-0.4, -0.2) is 32.2 Å². The first kappa shape index (κ1) is 13.8. The summed E-state index contributed by atoms with van der Waals surface area (Å²) in [6.45, 7) is 1.53. The van der Waals surface area contributed by atoms with Crippen molar-refractivity contribution in [3.05, 3.63) is 0 Å². The molecule has 2 atom stereocenters. The molecule has 2 rings (SSSR count). The van der Waals surface area contributed by atoms with Crippen LogP contribution in [0.25, 0.3) is 0 Å². The van der Waals surface area contributed by atoms with Crippen LogP contribution in [0.15, 0.2) is 0 Å². The Labute approximate surface area is 110 Å². The number of rotatable bonds is 5. The Balaban J connectivity index is 1.80. The predicted molar refractivity (Wildman–Crippen MR) is 71.1 cm³/mol. The standard InChI is InChI=1S/C14H26N2O2/c1-18-10-14(6-2-3-7-14)9-16-13(17)11-4-5-12(15)8-11/h11-12H,2-10,15H2,1H3,(H,16,17)/t11-,12+/m0/s1. The molecule has 0 bridgehead atoms. The number of amides is 1. The molecule has 2 fully saturated rings. The molecule has 2 aliphatic rings. The van der Waals surface area contributed by atoms with Gasteiger partial charge in [-0.1, -0.05) is 12.8 Å². The van der Waals surface area contributed by atoms with Gasteiger partial charge in [-0.3, -0.25) is 4.79 Å². The highest BCUT2D eigenvalue weighted by Gasteiger charge is 2.35. The van der Waals surface area contributed by atoms with E-state index in [2.05, 4.69) is 5.32 Å². The maximum Gasteiger partial charge on any atom is 0.223 e. The number of hydrogen-bond donors (Lipinski definition) is 2. The average molecular weight is 254 g/mol. The van der Waals surface area contributed by atoms with Gasteiger partial charge < -0.3 is 15.8 Å². The average Bonchev–Trinajstić information content (AvgIpc) is 2.97. The molecule has 2 saturated carbocycles. The summed E-state index contributed by atoms with van der Waals surface area (Å²) in [5.74, 6) is 0.339. The van der Waals surface area contributed by atoms with E-state index >= 15 is 0 Å². The molecule has 0 aromatic carbocycles. The molecule has 18 heavy (non-hydrogen) atoms. The highest BCUT2D eigenvalue weighted by Crippen LogP contribution is 2.37. The minimum absolute atomic E-state index is 0.140. The van der Waals surface area contributed by atoms with Gasteiger partial charge in [0.25, 0.3) is 0 Å². The molecule has 0 aliphatic heterocycles. The predicted octanol–water partition coefficient (Wildman–Crippen LogP) is 1.44. The van der Waals surface area contributed by atoms with Gasteiger partial charge in [0.1, 0.15) is 0 Å². The minimum Gasteiger partial charge on any atom is -0.384 e. The third-order valence-electron chi connectivity index (χ3n) is 4.60. The Hall–Kier alpha value is -0.610. The van der Waals surface area contributed by atoms with Crippen molar-refractivity contribution in [2.24, 2.45) is 17.1 Å². The Morgan fingerprint density at radius 1 is 1.39 bits per heavy atom. The Morgan fingerprint density at radius 3 is 2.67 bits per heavy atom. The van der Waals surface area contributed by atoms with Crippen molar-refractivity contribution >= 4 is 5.91 Å². The summed E-state index contributed by atoms with van der Waals surface area (Å²) in [5, 5.41) is 3.14. The van der Waals surface area contributed by atoms with Crippen LogP contribution in [0.4, 0.5) is 0 Å². The molecule has 0 unspecified atom stereocenters. The molecule has 104 valence electrons. The second-order valence-corrected chi connectivity index (χ2v) is 6.13. The first-order chi connectivity index (χ1) is 8.65. The van der Waals surface area contributed by atoms with Crippen LogP contribution in [-0.2, 0) is 9.53 Å². The molecular weight excluding hydrogens is 228 g/mol. The van der Waals surface area contributed by atoms with Gasteiger partial charge >= 0.3 is 0 Å². The summed E-state index contributed by atoms with van der Waals surface area (Å²) in [7, 11) is 1.75. The third-order valence-corrected chi connectivity index (χ3v) is 4.60. The summed E-state index contributed by atoms with van der Waals surface area (Å²) in [5.41, 5.74) is 6.04. The zero-order valence-corrected chi connectivity index (χ0v) is 11.4. The first-order valence-corrected chi connectivity index (χ1v) is 7.17. The summed E-state index contributed by atoms with van der Waals surface area (Å²) in [6, 6.07) is 0.222. The van der Waals surface area contributed by atoms with Gasteiger partial charge in [0, 0.05) is 31.0 Å². The number of nitrogens with one attached hydrogen (secondary N) is 1. The fourth-order valence-corrected chi connectivity index (χ4v) is 3.48. The summed E-state index contributed by atoms with van der Waals surface area (Å²) < 4.78 is 5.33. The molecule has 0 radical (unpaired) electrons. The molecule has 3 N–H and O–H groups in total. The van der Waals surface area contributed by atoms with Crippen LogP contribution >= 0.6 is 0 Å². The van der Waals surface area contributed by atoms with Gasteiger partial charge in [-0.15, -0.1) is 0 Å². The molecular formula is C14H26N2O2. The minimum atomic E-state index is 0.140. The molecule has 4 nitrogen and oxygen atoms in total. The van der Waals surface area contributed by atoms with E-state index in [1.54, 1.807) is 7.11 Å². The third kappa shape index (κ3) is 3.23. The zero-order chi connectivity index (χ0) is 13.0. The SMILES string of the molecule is COCC1(CNC(=O)[C@H]2CC[C@@H](N)C2)CCCC1. The number of nitrogens with two attached hydrogens (primary N) is 1. The van der Waals surface area contributed by atoms with Crippen LogP contribution < -0.4 is 11.1 Å². The van der Waals surface area contributed by atoms with Gasteiger partial charge in [-0.2, -0.15) is 0 Å². The van der Waals surface area contributed by atoms with E-state index in [9.17, 15) is 4.79 Å². The van der Waals surface area contributed by atoms with Crippen molar-refractivity contribution in [2.45, 2.75) is 51.0 Å².